The van der Waals surface area contributed by atoms with Gasteiger partial charge in [0.05, 0.1) is 17.4 Å². The molecular weight excluding hydrogens is 506 g/mol. The predicted octanol–water partition coefficient (Wildman–Crippen LogP) is 2.16. The van der Waals surface area contributed by atoms with Gasteiger partial charge in [-0.05, 0) is 90.2 Å². The first-order valence-electron chi connectivity index (χ1n) is 12.4. The molecule has 4 aromatic rings. The zero-order chi connectivity index (χ0) is 26.5. The Morgan fingerprint density at radius 3 is 2.87 bits per heavy atom. The normalized spacial score (nSPS) is 18.1. The Kier molecular flexibility index (Phi) is 7.75. The van der Waals surface area contributed by atoms with Gasteiger partial charge in [-0.25, -0.2) is 9.36 Å². The highest BCUT2D eigenvalue weighted by Crippen LogP contribution is 2.29. The van der Waals surface area contributed by atoms with Gasteiger partial charge in [0.15, 0.2) is 0 Å². The molecule has 11 nitrogen and oxygen atoms in total. The van der Waals surface area contributed by atoms with Gasteiger partial charge < -0.3 is 16.0 Å². The van der Waals surface area contributed by atoms with Crippen molar-refractivity contribution in [2.75, 3.05) is 6.54 Å². The van der Waals surface area contributed by atoms with Crippen LogP contribution < -0.4 is 16.0 Å². The molecule has 38 heavy (non-hydrogen) atoms. The third kappa shape index (κ3) is 5.90. The van der Waals surface area contributed by atoms with Crippen molar-refractivity contribution in [3.05, 3.63) is 83.4 Å². The number of aromatic nitrogens is 6. The van der Waals surface area contributed by atoms with E-state index < -0.39 is 12.1 Å². The second-order valence-corrected chi connectivity index (χ2v) is 9.69. The number of carbonyl (C=O) groups is 2. The first kappa shape index (κ1) is 25.6. The van der Waals surface area contributed by atoms with Crippen molar-refractivity contribution in [3.8, 4) is 11.4 Å². The number of nitrogens with one attached hydrogen (secondary N) is 3. The number of hydrogen-bond donors (Lipinski definition) is 3. The second kappa shape index (κ2) is 11.5. The van der Waals surface area contributed by atoms with Crippen LogP contribution in [0.25, 0.3) is 11.4 Å². The summed E-state index contributed by atoms with van der Waals surface area (Å²) in [5, 5.41) is 25.1. The van der Waals surface area contributed by atoms with E-state index in [1.54, 1.807) is 31.3 Å². The molecule has 2 amide bonds. The Labute approximate surface area is 224 Å². The lowest BCUT2D eigenvalue weighted by atomic mass is 9.86. The SMILES string of the molecule is CC(NC(=O)[C@H]1C[C@@H](c2cccc(-n3cccn3)c2)CCN1)C(=O)NCc1cc(Cl)ccc1-n1cnnn1. The molecular formula is C26H28ClN9O2. The minimum Gasteiger partial charge on any atom is -0.350 e. The number of rotatable bonds is 8. The van der Waals surface area contributed by atoms with Crippen LogP contribution >= 0.6 is 11.6 Å². The largest absolute Gasteiger partial charge is 0.350 e. The van der Waals surface area contributed by atoms with Crippen LogP contribution in [0, 0.1) is 0 Å². The number of halogens is 1. The van der Waals surface area contributed by atoms with Crippen LogP contribution in [0.2, 0.25) is 5.02 Å². The van der Waals surface area contributed by atoms with Gasteiger partial charge in [-0.15, -0.1) is 5.10 Å². The van der Waals surface area contributed by atoms with Gasteiger partial charge in [-0.1, -0.05) is 23.7 Å². The number of hydrogen-bond acceptors (Lipinski definition) is 7. The average Bonchev–Trinajstić information content (AvgIpc) is 3.67. The fourth-order valence-electron chi connectivity index (χ4n) is 4.67. The number of carbonyl (C=O) groups excluding carboxylic acids is 2. The molecule has 1 fully saturated rings. The highest BCUT2D eigenvalue weighted by molar-refractivity contribution is 6.30. The van der Waals surface area contributed by atoms with Crippen molar-refractivity contribution in [1.29, 1.82) is 0 Å². The molecule has 3 N–H and O–H groups in total. The number of tetrazole rings is 1. The van der Waals surface area contributed by atoms with Gasteiger partial charge in [0.2, 0.25) is 11.8 Å². The van der Waals surface area contributed by atoms with Gasteiger partial charge in [-0.3, -0.25) is 9.59 Å². The van der Waals surface area contributed by atoms with Crippen LogP contribution in [-0.4, -0.2) is 60.4 Å². The summed E-state index contributed by atoms with van der Waals surface area (Å²) in [6.45, 7) is 2.58. The Bertz CT molecular complexity index is 1390. The van der Waals surface area contributed by atoms with E-state index in [2.05, 4.69) is 48.7 Å². The molecule has 0 spiro atoms. The van der Waals surface area contributed by atoms with Crippen LogP contribution in [0.1, 0.15) is 36.8 Å². The minimum absolute atomic E-state index is 0.197. The molecule has 1 aliphatic rings. The highest BCUT2D eigenvalue weighted by Gasteiger charge is 2.29. The summed E-state index contributed by atoms with van der Waals surface area (Å²) in [5.41, 5.74) is 3.60. The van der Waals surface area contributed by atoms with Gasteiger partial charge in [0.25, 0.3) is 0 Å². The van der Waals surface area contributed by atoms with E-state index in [1.807, 2.05) is 29.1 Å². The molecule has 1 aliphatic heterocycles. The van der Waals surface area contributed by atoms with Crippen LogP contribution in [0.3, 0.4) is 0 Å². The summed E-state index contributed by atoms with van der Waals surface area (Å²) in [5.74, 6) is -0.280. The maximum absolute atomic E-state index is 13.1. The van der Waals surface area contributed by atoms with Gasteiger partial charge in [0, 0.05) is 24.0 Å². The molecule has 2 aromatic carbocycles. The molecule has 0 aliphatic carbocycles. The lowest BCUT2D eigenvalue weighted by molar-refractivity contribution is -0.130. The predicted molar refractivity (Wildman–Crippen MR) is 141 cm³/mol. The molecule has 3 heterocycles. The molecule has 0 bridgehead atoms. The molecule has 12 heteroatoms. The van der Waals surface area contributed by atoms with E-state index in [4.69, 9.17) is 11.6 Å². The van der Waals surface area contributed by atoms with Crippen molar-refractivity contribution in [1.82, 2.24) is 45.9 Å². The summed E-state index contributed by atoms with van der Waals surface area (Å²) < 4.78 is 3.32. The standard InChI is InChI=1S/C26H28ClN9O2/c1-17(25(37)29-15-20-12-21(27)6-7-24(20)36-16-30-33-34-36)32-26(38)23-14-19(8-10-28-23)18-4-2-5-22(13-18)35-11-3-9-31-35/h2-7,9,11-13,16-17,19,23,28H,8,10,14-15H2,1H3,(H,29,37)(H,32,38)/t17?,19-,23+/m0/s1. The van der Waals surface area contributed by atoms with E-state index >= 15 is 0 Å². The van der Waals surface area contributed by atoms with Crippen molar-refractivity contribution in [3.63, 3.8) is 0 Å². The van der Waals surface area contributed by atoms with E-state index in [0.29, 0.717) is 23.7 Å². The van der Waals surface area contributed by atoms with Crippen molar-refractivity contribution < 1.29 is 9.59 Å². The number of benzene rings is 2. The van der Waals surface area contributed by atoms with Crippen molar-refractivity contribution >= 4 is 23.4 Å². The topological polar surface area (TPSA) is 132 Å². The third-order valence-corrected chi connectivity index (χ3v) is 6.91. The van der Waals surface area contributed by atoms with Crippen molar-refractivity contribution in [2.45, 2.75) is 44.3 Å². The first-order chi connectivity index (χ1) is 18.5. The van der Waals surface area contributed by atoms with Crippen LogP contribution in [-0.2, 0) is 16.1 Å². The highest BCUT2D eigenvalue weighted by atomic mass is 35.5. The lowest BCUT2D eigenvalue weighted by Crippen LogP contribution is -2.53. The monoisotopic (exact) mass is 533 g/mol. The molecule has 0 radical (unpaired) electrons. The lowest BCUT2D eigenvalue weighted by Gasteiger charge is -2.30. The third-order valence-electron chi connectivity index (χ3n) is 6.67. The number of amides is 2. The van der Waals surface area contributed by atoms with E-state index in [9.17, 15) is 9.59 Å². The van der Waals surface area contributed by atoms with Crippen LogP contribution in [0.4, 0.5) is 0 Å². The Hall–Kier alpha value is -4.09. The van der Waals surface area contributed by atoms with Crippen molar-refractivity contribution in [2.24, 2.45) is 0 Å². The Morgan fingerprint density at radius 1 is 1.18 bits per heavy atom. The smallest absolute Gasteiger partial charge is 0.242 e. The van der Waals surface area contributed by atoms with E-state index in [-0.39, 0.29) is 24.3 Å². The molecule has 5 rings (SSSR count). The Morgan fingerprint density at radius 2 is 2.08 bits per heavy atom. The van der Waals surface area contributed by atoms with Gasteiger partial charge >= 0.3 is 0 Å². The molecule has 0 saturated carbocycles. The first-order valence-corrected chi connectivity index (χ1v) is 12.8. The van der Waals surface area contributed by atoms with E-state index in [1.165, 1.54) is 16.6 Å². The zero-order valence-electron chi connectivity index (χ0n) is 20.8. The average molecular weight is 534 g/mol. The minimum atomic E-state index is -0.719. The molecule has 1 unspecified atom stereocenters. The fraction of sp³-hybridized carbons (Fsp3) is 0.308. The van der Waals surface area contributed by atoms with Crippen LogP contribution in [0.5, 0.6) is 0 Å². The maximum Gasteiger partial charge on any atom is 0.242 e. The quantitative estimate of drug-likeness (QED) is 0.316. The molecule has 196 valence electrons. The summed E-state index contributed by atoms with van der Waals surface area (Å²) in [4.78, 5) is 25.9. The Balaban J connectivity index is 1.17. The molecule has 2 aromatic heterocycles. The molecule has 1 saturated heterocycles. The summed E-state index contributed by atoms with van der Waals surface area (Å²) >= 11 is 6.16. The second-order valence-electron chi connectivity index (χ2n) is 9.25. The maximum atomic E-state index is 13.1. The van der Waals surface area contributed by atoms with Gasteiger partial charge in [-0.2, -0.15) is 5.10 Å². The number of nitrogens with zero attached hydrogens (tertiary/aromatic N) is 6. The molecule has 3 atom stereocenters. The summed E-state index contributed by atoms with van der Waals surface area (Å²) in [6, 6.07) is 14.3. The van der Waals surface area contributed by atoms with Gasteiger partial charge in [0.1, 0.15) is 12.4 Å². The number of piperidine rings is 1. The summed E-state index contributed by atoms with van der Waals surface area (Å²) in [7, 11) is 0. The van der Waals surface area contributed by atoms with Crippen LogP contribution in [0.15, 0.2) is 67.3 Å². The zero-order valence-corrected chi connectivity index (χ0v) is 21.5. The van der Waals surface area contributed by atoms with E-state index in [0.717, 1.165) is 17.7 Å². The summed E-state index contributed by atoms with van der Waals surface area (Å²) in [6.07, 6.45) is 6.68. The fourth-order valence-corrected chi connectivity index (χ4v) is 4.86.